The molecule has 0 aliphatic carbocycles. The van der Waals surface area contributed by atoms with Crippen LogP contribution in [-0.2, 0) is 0 Å². The Balaban J connectivity index is 2.89. The van der Waals surface area contributed by atoms with Gasteiger partial charge in [0.1, 0.15) is 23.2 Å². The van der Waals surface area contributed by atoms with Crippen LogP contribution in [0, 0.1) is 11.3 Å². The molecule has 0 aliphatic rings. The quantitative estimate of drug-likeness (QED) is 0.616. The Morgan fingerprint density at radius 2 is 2.33 bits per heavy atom. The molecule has 58 valence electrons. The van der Waals surface area contributed by atoms with Gasteiger partial charge >= 0.3 is 0 Å². The number of hydrogen-bond donors (Lipinski definition) is 1. The largest absolute Gasteiger partial charge is 0.382 e. The van der Waals surface area contributed by atoms with E-state index in [1.807, 2.05) is 0 Å². The van der Waals surface area contributed by atoms with Crippen LogP contribution in [0.1, 0.15) is 5.69 Å². The number of aromatic nitrogens is 2. The van der Waals surface area contributed by atoms with Gasteiger partial charge in [-0.3, -0.25) is 4.40 Å². The fourth-order valence-corrected chi connectivity index (χ4v) is 1.12. The number of nitrogens with zero attached hydrogens (tertiary/aromatic N) is 3. The smallest absolute Gasteiger partial charge is 0.142 e. The molecule has 0 aliphatic heterocycles. The Labute approximate surface area is 68.9 Å². The summed E-state index contributed by atoms with van der Waals surface area (Å²) < 4.78 is 1.66. The maximum Gasteiger partial charge on any atom is 0.142 e. The summed E-state index contributed by atoms with van der Waals surface area (Å²) in [5.41, 5.74) is 6.71. The van der Waals surface area contributed by atoms with E-state index in [9.17, 15) is 0 Å². The first kappa shape index (κ1) is 6.68. The predicted molar refractivity (Wildman–Crippen MR) is 44.3 cm³/mol. The minimum atomic E-state index is 0.428. The third-order valence-electron chi connectivity index (χ3n) is 1.63. The van der Waals surface area contributed by atoms with Crippen molar-refractivity contribution in [2.24, 2.45) is 0 Å². The highest BCUT2D eigenvalue weighted by molar-refractivity contribution is 5.49. The molecular weight excluding hydrogens is 152 g/mol. The zero-order valence-electron chi connectivity index (χ0n) is 6.23. The lowest BCUT2D eigenvalue weighted by Gasteiger charge is -1.92. The fourth-order valence-electron chi connectivity index (χ4n) is 1.12. The van der Waals surface area contributed by atoms with Gasteiger partial charge in [0.15, 0.2) is 0 Å². The number of nitriles is 1. The topological polar surface area (TPSA) is 67.1 Å². The van der Waals surface area contributed by atoms with Gasteiger partial charge in [0.05, 0.1) is 6.20 Å². The molecule has 2 rings (SSSR count). The molecule has 4 heteroatoms. The SMILES string of the molecule is N#Cc1cccc2nc(N)cn12. The predicted octanol–water partition coefficient (Wildman–Crippen LogP) is 0.788. The number of imidazole rings is 1. The van der Waals surface area contributed by atoms with Crippen molar-refractivity contribution in [3.63, 3.8) is 0 Å². The van der Waals surface area contributed by atoms with Crippen molar-refractivity contribution in [3.8, 4) is 6.07 Å². The van der Waals surface area contributed by atoms with Crippen LogP contribution in [0.4, 0.5) is 5.82 Å². The van der Waals surface area contributed by atoms with Crippen LogP contribution in [0.3, 0.4) is 0 Å². The number of hydrogen-bond acceptors (Lipinski definition) is 3. The number of anilines is 1. The first-order valence-corrected chi connectivity index (χ1v) is 3.45. The number of rotatable bonds is 0. The normalized spacial score (nSPS) is 9.92. The molecule has 0 radical (unpaired) electrons. The third kappa shape index (κ3) is 0.805. The summed E-state index contributed by atoms with van der Waals surface area (Å²) in [5, 5.41) is 8.71. The molecule has 0 saturated carbocycles. The lowest BCUT2D eigenvalue weighted by Crippen LogP contribution is -1.88. The lowest BCUT2D eigenvalue weighted by molar-refractivity contribution is 1.14. The Kier molecular flexibility index (Phi) is 1.25. The molecule has 2 N–H and O–H groups in total. The van der Waals surface area contributed by atoms with Gasteiger partial charge in [0.2, 0.25) is 0 Å². The summed E-state index contributed by atoms with van der Waals surface area (Å²) in [6.07, 6.45) is 1.63. The van der Waals surface area contributed by atoms with Crippen molar-refractivity contribution < 1.29 is 0 Å². The summed E-state index contributed by atoms with van der Waals surface area (Å²) >= 11 is 0. The molecule has 0 amide bonds. The monoisotopic (exact) mass is 158 g/mol. The van der Waals surface area contributed by atoms with Crippen LogP contribution in [0.15, 0.2) is 24.4 Å². The van der Waals surface area contributed by atoms with E-state index in [0.717, 1.165) is 0 Å². The van der Waals surface area contributed by atoms with Crippen LogP contribution >= 0.6 is 0 Å². The van der Waals surface area contributed by atoms with Gasteiger partial charge in [-0.2, -0.15) is 5.26 Å². The molecule has 2 heterocycles. The van der Waals surface area contributed by atoms with Crippen LogP contribution in [0.5, 0.6) is 0 Å². The van der Waals surface area contributed by atoms with Crippen LogP contribution in [0.25, 0.3) is 5.65 Å². The third-order valence-corrected chi connectivity index (χ3v) is 1.63. The summed E-state index contributed by atoms with van der Waals surface area (Å²) in [6.45, 7) is 0. The second-order valence-electron chi connectivity index (χ2n) is 2.42. The zero-order valence-corrected chi connectivity index (χ0v) is 6.23. The molecule has 0 aromatic carbocycles. The van der Waals surface area contributed by atoms with Gasteiger partial charge in [0, 0.05) is 0 Å². The molecule has 2 aromatic heterocycles. The molecule has 0 atom stereocenters. The number of nitrogens with two attached hydrogens (primary N) is 1. The first-order chi connectivity index (χ1) is 5.81. The summed E-state index contributed by atoms with van der Waals surface area (Å²) in [7, 11) is 0. The zero-order chi connectivity index (χ0) is 8.55. The van der Waals surface area contributed by atoms with Crippen LogP contribution in [0.2, 0.25) is 0 Å². The van der Waals surface area contributed by atoms with Crippen molar-refractivity contribution in [1.82, 2.24) is 9.38 Å². The van der Waals surface area contributed by atoms with Gasteiger partial charge in [-0.25, -0.2) is 4.98 Å². The van der Waals surface area contributed by atoms with E-state index < -0.39 is 0 Å². The first-order valence-electron chi connectivity index (χ1n) is 3.45. The maximum absolute atomic E-state index is 8.71. The summed E-state index contributed by atoms with van der Waals surface area (Å²) in [6, 6.07) is 7.35. The highest BCUT2D eigenvalue weighted by atomic mass is 15.0. The Hall–Kier alpha value is -2.02. The van der Waals surface area contributed by atoms with Crippen LogP contribution < -0.4 is 5.73 Å². The van der Waals surface area contributed by atoms with E-state index in [1.54, 1.807) is 28.8 Å². The highest BCUT2D eigenvalue weighted by Gasteiger charge is 2.00. The van der Waals surface area contributed by atoms with Crippen LogP contribution in [-0.4, -0.2) is 9.38 Å². The standard InChI is InChI=1S/C8H6N4/c9-4-6-2-1-3-8-11-7(10)5-12(6)8/h1-3,5H,10H2. The average Bonchev–Trinajstić information content (AvgIpc) is 2.44. The van der Waals surface area contributed by atoms with E-state index in [-0.39, 0.29) is 0 Å². The molecule has 0 unspecified atom stereocenters. The highest BCUT2D eigenvalue weighted by Crippen LogP contribution is 2.08. The Morgan fingerprint density at radius 3 is 3.08 bits per heavy atom. The molecule has 2 aromatic rings. The van der Waals surface area contributed by atoms with Crippen molar-refractivity contribution in [2.75, 3.05) is 5.73 Å². The van der Waals surface area contributed by atoms with E-state index in [2.05, 4.69) is 11.1 Å². The average molecular weight is 158 g/mol. The lowest BCUT2D eigenvalue weighted by atomic mass is 10.4. The Morgan fingerprint density at radius 1 is 1.50 bits per heavy atom. The van der Waals surface area contributed by atoms with Gasteiger partial charge < -0.3 is 5.73 Å². The van der Waals surface area contributed by atoms with Gasteiger partial charge in [-0.05, 0) is 12.1 Å². The molecule has 0 fully saturated rings. The van der Waals surface area contributed by atoms with Gasteiger partial charge in [-0.1, -0.05) is 6.07 Å². The van der Waals surface area contributed by atoms with Crippen molar-refractivity contribution in [3.05, 3.63) is 30.1 Å². The minimum Gasteiger partial charge on any atom is -0.382 e. The van der Waals surface area contributed by atoms with E-state index >= 15 is 0 Å². The number of pyridine rings is 1. The van der Waals surface area contributed by atoms with Gasteiger partial charge in [-0.15, -0.1) is 0 Å². The van der Waals surface area contributed by atoms with E-state index in [1.165, 1.54) is 0 Å². The van der Waals surface area contributed by atoms with Gasteiger partial charge in [0.25, 0.3) is 0 Å². The molecule has 0 saturated heterocycles. The molecule has 0 spiro atoms. The van der Waals surface area contributed by atoms with Crippen molar-refractivity contribution >= 4 is 11.5 Å². The fraction of sp³-hybridized carbons (Fsp3) is 0. The second kappa shape index (κ2) is 2.24. The number of nitrogen functional groups attached to an aromatic ring is 1. The molecule has 4 nitrogen and oxygen atoms in total. The molecule has 0 bridgehead atoms. The molecular formula is C8H6N4. The summed E-state index contributed by atoms with van der Waals surface area (Å²) in [4.78, 5) is 4.01. The number of fused-ring (bicyclic) bond motifs is 1. The summed E-state index contributed by atoms with van der Waals surface area (Å²) in [5.74, 6) is 0.428. The van der Waals surface area contributed by atoms with Crippen molar-refractivity contribution in [1.29, 1.82) is 5.26 Å². The Bertz CT molecular complexity index is 463. The van der Waals surface area contributed by atoms with E-state index in [0.29, 0.717) is 17.2 Å². The second-order valence-corrected chi connectivity index (χ2v) is 2.42. The van der Waals surface area contributed by atoms with Crippen molar-refractivity contribution in [2.45, 2.75) is 0 Å². The van der Waals surface area contributed by atoms with E-state index in [4.69, 9.17) is 11.0 Å². The molecule has 12 heavy (non-hydrogen) atoms. The minimum absolute atomic E-state index is 0.428. The maximum atomic E-state index is 8.71.